The predicted octanol–water partition coefficient (Wildman–Crippen LogP) is -0.101. The van der Waals surface area contributed by atoms with Gasteiger partial charge in [-0.05, 0) is 18.2 Å². The molecular formula is C26H26N2O12. The van der Waals surface area contributed by atoms with Crippen LogP contribution in [0.5, 0.6) is 0 Å². The second-order valence-corrected chi connectivity index (χ2v) is 8.70. The summed E-state index contributed by atoms with van der Waals surface area (Å²) in [7, 11) is 0. The number of esters is 4. The molecule has 0 spiro atoms. The van der Waals surface area contributed by atoms with Crippen molar-refractivity contribution in [2.45, 2.75) is 58.2 Å². The third-order valence-electron chi connectivity index (χ3n) is 5.58. The highest BCUT2D eigenvalue weighted by atomic mass is 16.7. The lowest BCUT2D eigenvalue weighted by Gasteiger charge is -2.45. The molecule has 1 fully saturated rings. The van der Waals surface area contributed by atoms with Crippen molar-refractivity contribution < 1.29 is 57.2 Å². The van der Waals surface area contributed by atoms with E-state index in [0.29, 0.717) is 0 Å². The lowest BCUT2D eigenvalue weighted by Crippen LogP contribution is -2.63. The second kappa shape index (κ2) is 12.9. The van der Waals surface area contributed by atoms with Crippen LogP contribution in [0, 0.1) is 0 Å². The van der Waals surface area contributed by atoms with Crippen molar-refractivity contribution in [3.05, 3.63) is 53.5 Å². The zero-order valence-electron chi connectivity index (χ0n) is 21.9. The van der Waals surface area contributed by atoms with E-state index in [4.69, 9.17) is 23.7 Å². The van der Waals surface area contributed by atoms with Crippen LogP contribution in [0.15, 0.2) is 47.9 Å². The molecule has 1 saturated heterocycles. The van der Waals surface area contributed by atoms with Gasteiger partial charge >= 0.3 is 23.9 Å². The molecule has 1 aliphatic heterocycles. The Bertz CT molecular complexity index is 1290. The fourth-order valence-electron chi connectivity index (χ4n) is 4.07. The number of carbonyl (C=O) groups is 7. The Morgan fingerprint density at radius 2 is 1.48 bits per heavy atom. The first-order valence-electron chi connectivity index (χ1n) is 11.9. The summed E-state index contributed by atoms with van der Waals surface area (Å²) in [6.45, 7) is 3.77. The first kappa shape index (κ1) is 29.8. The van der Waals surface area contributed by atoms with Crippen LogP contribution in [0.1, 0.15) is 38.1 Å². The van der Waals surface area contributed by atoms with Crippen molar-refractivity contribution in [2.75, 3.05) is 6.61 Å². The third-order valence-corrected chi connectivity index (χ3v) is 5.58. The number of carbonyl (C=O) groups excluding carboxylic acids is 7. The monoisotopic (exact) mass is 558 g/mol. The van der Waals surface area contributed by atoms with Crippen LogP contribution >= 0.6 is 0 Å². The molecule has 0 radical (unpaired) electrons. The molecule has 1 N–H and O–H groups in total. The molecule has 212 valence electrons. The van der Waals surface area contributed by atoms with Crippen molar-refractivity contribution in [1.82, 2.24) is 10.3 Å². The van der Waals surface area contributed by atoms with Crippen LogP contribution in [0.2, 0.25) is 0 Å². The lowest BCUT2D eigenvalue weighted by atomic mass is 9.86. The first-order chi connectivity index (χ1) is 18.9. The fourth-order valence-corrected chi connectivity index (χ4v) is 4.07. The number of ether oxygens (including phenoxy) is 5. The number of rotatable bonds is 8. The van der Waals surface area contributed by atoms with Gasteiger partial charge in [0.1, 0.15) is 18.8 Å². The number of amides is 1. The van der Waals surface area contributed by atoms with Gasteiger partial charge in [-0.1, -0.05) is 0 Å². The van der Waals surface area contributed by atoms with E-state index in [0.717, 1.165) is 39.8 Å². The van der Waals surface area contributed by atoms with E-state index in [2.05, 4.69) is 10.3 Å². The van der Waals surface area contributed by atoms with Crippen molar-refractivity contribution in [1.29, 1.82) is 0 Å². The summed E-state index contributed by atoms with van der Waals surface area (Å²) in [6.07, 6.45) is -2.91. The summed E-state index contributed by atoms with van der Waals surface area (Å²) >= 11 is 0. The van der Waals surface area contributed by atoms with Gasteiger partial charge in [0.25, 0.3) is 5.91 Å². The van der Waals surface area contributed by atoms with Crippen LogP contribution in [0.4, 0.5) is 0 Å². The van der Waals surface area contributed by atoms with Gasteiger partial charge in [0.05, 0.1) is 11.3 Å². The molecule has 0 aromatic carbocycles. The minimum atomic E-state index is -1.57. The molecule has 1 aromatic heterocycles. The van der Waals surface area contributed by atoms with Gasteiger partial charge < -0.3 is 29.0 Å². The van der Waals surface area contributed by atoms with E-state index < -0.39 is 78.5 Å². The largest absolute Gasteiger partial charge is 0.463 e. The van der Waals surface area contributed by atoms with Gasteiger partial charge in [0.15, 0.2) is 24.1 Å². The molecule has 2 heterocycles. The highest BCUT2D eigenvalue weighted by molar-refractivity contribution is 6.21. The Kier molecular flexibility index (Phi) is 9.61. The molecule has 3 rings (SSSR count). The molecule has 14 nitrogen and oxygen atoms in total. The minimum Gasteiger partial charge on any atom is -0.463 e. The normalized spacial score (nSPS) is 24.1. The lowest BCUT2D eigenvalue weighted by molar-refractivity contribution is -0.246. The van der Waals surface area contributed by atoms with E-state index in [1.54, 1.807) is 0 Å². The number of ketones is 2. The average molecular weight is 558 g/mol. The van der Waals surface area contributed by atoms with Gasteiger partial charge in [-0.2, -0.15) is 0 Å². The Labute approximate surface area is 227 Å². The molecule has 1 aliphatic carbocycles. The highest BCUT2D eigenvalue weighted by Crippen LogP contribution is 2.34. The number of nitrogens with one attached hydrogen (secondary N) is 1. The zero-order chi connectivity index (χ0) is 29.6. The summed E-state index contributed by atoms with van der Waals surface area (Å²) < 4.78 is 26.9. The molecule has 5 atom stereocenters. The Hall–Kier alpha value is -4.72. The standard InChI is InChI=1S/C26H26N2O12/c1-12(29)36-11-21-23(37-13(2)30)25(39-15(4)32)24(38-14(3)31)22(40-21)17-8-20(34)18(9-19(17)33)28-26(35)16-6-5-7-27-10-16/h5-10,21-25H,11H2,1-4H3,(H,28,35)/t21-,22+,23-,24+,25+/m1/s1. The SMILES string of the molecule is CC(=O)OC[C@H]1O[C@@H](C2=CC(=O)C(NC(=O)c3cccnc3)=CC2=O)[C@H](OC(C)=O)[C@@H](OC(C)=O)[C@@H]1OC(C)=O. The summed E-state index contributed by atoms with van der Waals surface area (Å²) in [5.74, 6) is -5.55. The van der Waals surface area contributed by atoms with Gasteiger partial charge in [0, 0.05) is 51.7 Å². The summed E-state index contributed by atoms with van der Waals surface area (Å²) in [5, 5.41) is 2.34. The smallest absolute Gasteiger partial charge is 0.303 e. The maximum Gasteiger partial charge on any atom is 0.303 e. The predicted molar refractivity (Wildman–Crippen MR) is 130 cm³/mol. The molecule has 2 aliphatic rings. The molecule has 1 amide bonds. The molecule has 40 heavy (non-hydrogen) atoms. The molecular weight excluding hydrogens is 532 g/mol. The number of hydrogen-bond donors (Lipinski definition) is 1. The van der Waals surface area contributed by atoms with Crippen molar-refractivity contribution >= 4 is 41.4 Å². The Balaban J connectivity index is 1.99. The number of hydrogen-bond acceptors (Lipinski definition) is 13. The maximum absolute atomic E-state index is 13.2. The number of pyridine rings is 1. The topological polar surface area (TPSA) is 191 Å². The maximum atomic E-state index is 13.2. The van der Waals surface area contributed by atoms with Crippen molar-refractivity contribution in [3.63, 3.8) is 0 Å². The summed E-state index contributed by atoms with van der Waals surface area (Å²) in [5.41, 5.74) is -0.520. The zero-order valence-corrected chi connectivity index (χ0v) is 21.9. The quantitative estimate of drug-likeness (QED) is 0.253. The molecule has 0 bridgehead atoms. The third kappa shape index (κ3) is 7.44. The van der Waals surface area contributed by atoms with Gasteiger partial charge in [0.2, 0.25) is 5.78 Å². The Morgan fingerprint density at radius 3 is 2.05 bits per heavy atom. The van der Waals surface area contributed by atoms with Crippen LogP contribution < -0.4 is 5.32 Å². The van der Waals surface area contributed by atoms with Crippen LogP contribution in [0.25, 0.3) is 0 Å². The van der Waals surface area contributed by atoms with Crippen LogP contribution in [-0.2, 0) is 52.5 Å². The second-order valence-electron chi connectivity index (χ2n) is 8.70. The van der Waals surface area contributed by atoms with Gasteiger partial charge in [-0.15, -0.1) is 0 Å². The Morgan fingerprint density at radius 1 is 0.850 bits per heavy atom. The average Bonchev–Trinajstić information content (AvgIpc) is 2.87. The van der Waals surface area contributed by atoms with Gasteiger partial charge in [-0.3, -0.25) is 38.5 Å². The molecule has 0 saturated carbocycles. The highest BCUT2D eigenvalue weighted by Gasteiger charge is 2.54. The first-order valence-corrected chi connectivity index (χ1v) is 11.9. The molecule has 14 heteroatoms. The van der Waals surface area contributed by atoms with Crippen molar-refractivity contribution in [3.8, 4) is 0 Å². The number of allylic oxidation sites excluding steroid dienone is 2. The molecule has 1 aromatic rings. The minimum absolute atomic E-state index is 0.137. The molecule has 0 unspecified atom stereocenters. The van der Waals surface area contributed by atoms with Crippen molar-refractivity contribution in [2.24, 2.45) is 0 Å². The van der Waals surface area contributed by atoms with E-state index in [-0.39, 0.29) is 16.8 Å². The van der Waals surface area contributed by atoms with E-state index >= 15 is 0 Å². The van der Waals surface area contributed by atoms with E-state index in [1.807, 2.05) is 0 Å². The van der Waals surface area contributed by atoms with Gasteiger partial charge in [-0.25, -0.2) is 0 Å². The summed E-state index contributed by atoms with van der Waals surface area (Å²) in [6, 6.07) is 2.97. The number of nitrogens with zero attached hydrogens (tertiary/aromatic N) is 1. The van der Waals surface area contributed by atoms with Crippen LogP contribution in [-0.4, -0.2) is 83.5 Å². The van der Waals surface area contributed by atoms with Crippen LogP contribution in [0.3, 0.4) is 0 Å². The summed E-state index contributed by atoms with van der Waals surface area (Å²) in [4.78, 5) is 89.8. The van der Waals surface area contributed by atoms with E-state index in [1.165, 1.54) is 24.5 Å². The van der Waals surface area contributed by atoms with E-state index in [9.17, 15) is 33.6 Å². The fraction of sp³-hybridized carbons (Fsp3) is 0.385. The number of aromatic nitrogens is 1.